The zero-order valence-corrected chi connectivity index (χ0v) is 12.8. The molecule has 122 valence electrons. The number of benzene rings is 2. The minimum atomic E-state index is -1.16. The predicted molar refractivity (Wildman–Crippen MR) is 84.1 cm³/mol. The zero-order chi connectivity index (χ0) is 17.0. The van der Waals surface area contributed by atoms with Crippen LogP contribution in [0.3, 0.4) is 0 Å². The highest BCUT2D eigenvalue weighted by Gasteiger charge is 2.19. The lowest BCUT2D eigenvalue weighted by Crippen LogP contribution is -2.39. The maximum absolute atomic E-state index is 13.2. The van der Waals surface area contributed by atoms with Crippen molar-refractivity contribution in [1.29, 1.82) is 0 Å². The Kier molecular flexibility index (Phi) is 5.28. The van der Waals surface area contributed by atoms with Crippen molar-refractivity contribution in [3.05, 3.63) is 65.2 Å². The van der Waals surface area contributed by atoms with Gasteiger partial charge in [-0.15, -0.1) is 0 Å². The van der Waals surface area contributed by atoms with Gasteiger partial charge in [-0.3, -0.25) is 0 Å². The van der Waals surface area contributed by atoms with Crippen LogP contribution >= 0.6 is 0 Å². The van der Waals surface area contributed by atoms with E-state index in [0.717, 1.165) is 17.7 Å². The second-order valence-electron chi connectivity index (χ2n) is 5.37. The number of urea groups is 1. The molecule has 0 aromatic heterocycles. The lowest BCUT2D eigenvalue weighted by molar-refractivity contribution is 0.138. The molecule has 4 nitrogen and oxygen atoms in total. The number of amides is 2. The van der Waals surface area contributed by atoms with Crippen molar-refractivity contribution >= 4 is 11.7 Å². The summed E-state index contributed by atoms with van der Waals surface area (Å²) in [5, 5.41) is 15.3. The number of aryl methyl sites for hydroxylation is 1. The maximum atomic E-state index is 13.2. The number of hydrogen-bond acceptors (Lipinski definition) is 2. The third kappa shape index (κ3) is 4.50. The van der Waals surface area contributed by atoms with E-state index in [1.807, 2.05) is 19.1 Å². The van der Waals surface area contributed by atoms with E-state index in [-0.39, 0.29) is 5.56 Å². The number of anilines is 1. The Morgan fingerprint density at radius 1 is 1.09 bits per heavy atom. The van der Waals surface area contributed by atoms with Gasteiger partial charge in [0.05, 0.1) is 12.1 Å². The average molecular weight is 320 g/mol. The predicted octanol–water partition coefficient (Wildman–Crippen LogP) is 3.52. The molecular weight excluding hydrogens is 302 g/mol. The molecule has 0 saturated carbocycles. The van der Waals surface area contributed by atoms with Crippen LogP contribution in [-0.2, 0) is 0 Å². The molecule has 2 aromatic rings. The average Bonchev–Trinajstić information content (AvgIpc) is 2.51. The Hall–Kier alpha value is -2.47. The van der Waals surface area contributed by atoms with Crippen molar-refractivity contribution in [3.8, 4) is 0 Å². The van der Waals surface area contributed by atoms with Gasteiger partial charge in [-0.1, -0.05) is 23.8 Å². The molecule has 0 aliphatic heterocycles. The molecule has 2 rings (SSSR count). The first-order valence-electron chi connectivity index (χ1n) is 7.14. The Balaban J connectivity index is 1.96. The van der Waals surface area contributed by atoms with Crippen LogP contribution in [0.2, 0.25) is 0 Å². The molecule has 2 unspecified atom stereocenters. The second kappa shape index (κ2) is 7.19. The molecule has 2 atom stereocenters. The Morgan fingerprint density at radius 2 is 1.74 bits per heavy atom. The van der Waals surface area contributed by atoms with Gasteiger partial charge in [0.1, 0.15) is 0 Å². The minimum absolute atomic E-state index is 0.187. The van der Waals surface area contributed by atoms with Gasteiger partial charge in [-0.05, 0) is 43.7 Å². The number of nitrogens with one attached hydrogen (secondary N) is 2. The number of carbonyl (C=O) groups is 1. The lowest BCUT2D eigenvalue weighted by Gasteiger charge is -2.21. The van der Waals surface area contributed by atoms with Crippen molar-refractivity contribution in [1.82, 2.24) is 5.32 Å². The van der Waals surface area contributed by atoms with E-state index in [2.05, 4.69) is 10.6 Å². The number of aliphatic hydroxyl groups excluding tert-OH is 1. The number of halogens is 2. The molecule has 6 heteroatoms. The molecule has 0 fully saturated rings. The number of aliphatic hydroxyl groups is 1. The normalized spacial score (nSPS) is 13.3. The van der Waals surface area contributed by atoms with Crippen LogP contribution in [0, 0.1) is 18.6 Å². The fraction of sp³-hybridized carbons (Fsp3) is 0.235. The smallest absolute Gasteiger partial charge is 0.319 e. The van der Waals surface area contributed by atoms with E-state index in [1.54, 1.807) is 19.1 Å². The van der Waals surface area contributed by atoms with Gasteiger partial charge in [0, 0.05) is 5.69 Å². The van der Waals surface area contributed by atoms with Crippen LogP contribution in [0.25, 0.3) is 0 Å². The monoisotopic (exact) mass is 320 g/mol. The summed E-state index contributed by atoms with van der Waals surface area (Å²) in [6.07, 6.45) is -1.16. The molecule has 0 aliphatic rings. The van der Waals surface area contributed by atoms with E-state index < -0.39 is 29.8 Å². The summed E-state index contributed by atoms with van der Waals surface area (Å²) in [6.45, 7) is 3.50. The van der Waals surface area contributed by atoms with Crippen molar-refractivity contribution in [2.45, 2.75) is 26.0 Å². The maximum Gasteiger partial charge on any atom is 0.319 e. The van der Waals surface area contributed by atoms with Crippen LogP contribution in [0.4, 0.5) is 19.3 Å². The zero-order valence-electron chi connectivity index (χ0n) is 12.8. The molecule has 0 heterocycles. The van der Waals surface area contributed by atoms with E-state index in [9.17, 15) is 18.7 Å². The van der Waals surface area contributed by atoms with E-state index >= 15 is 0 Å². The highest BCUT2D eigenvalue weighted by Crippen LogP contribution is 2.19. The fourth-order valence-corrected chi connectivity index (χ4v) is 2.07. The third-order valence-electron chi connectivity index (χ3n) is 3.43. The summed E-state index contributed by atoms with van der Waals surface area (Å²) < 4.78 is 26.1. The molecule has 0 aliphatic carbocycles. The van der Waals surface area contributed by atoms with Gasteiger partial charge in [0.15, 0.2) is 11.6 Å². The highest BCUT2D eigenvalue weighted by molar-refractivity contribution is 5.89. The van der Waals surface area contributed by atoms with Crippen LogP contribution in [-0.4, -0.2) is 17.2 Å². The van der Waals surface area contributed by atoms with Crippen molar-refractivity contribution in [2.75, 3.05) is 5.32 Å². The first-order valence-corrected chi connectivity index (χ1v) is 7.14. The van der Waals surface area contributed by atoms with Gasteiger partial charge in [0.25, 0.3) is 0 Å². The molecule has 0 radical (unpaired) electrons. The number of carbonyl (C=O) groups excluding carboxylic acids is 1. The summed E-state index contributed by atoms with van der Waals surface area (Å²) >= 11 is 0. The quantitative estimate of drug-likeness (QED) is 0.807. The molecule has 3 N–H and O–H groups in total. The molecule has 0 bridgehead atoms. The van der Waals surface area contributed by atoms with Crippen molar-refractivity contribution in [3.63, 3.8) is 0 Å². The van der Waals surface area contributed by atoms with Crippen LogP contribution in [0.5, 0.6) is 0 Å². The van der Waals surface area contributed by atoms with E-state index in [0.29, 0.717) is 5.69 Å². The van der Waals surface area contributed by atoms with Gasteiger partial charge in [-0.2, -0.15) is 0 Å². The van der Waals surface area contributed by atoms with Crippen LogP contribution in [0.15, 0.2) is 42.5 Å². The fourth-order valence-electron chi connectivity index (χ4n) is 2.07. The second-order valence-corrected chi connectivity index (χ2v) is 5.37. The van der Waals surface area contributed by atoms with Crippen LogP contribution < -0.4 is 10.6 Å². The third-order valence-corrected chi connectivity index (χ3v) is 3.43. The topological polar surface area (TPSA) is 61.4 Å². The largest absolute Gasteiger partial charge is 0.386 e. The van der Waals surface area contributed by atoms with Gasteiger partial charge in [0.2, 0.25) is 0 Å². The van der Waals surface area contributed by atoms with Crippen molar-refractivity contribution < 1.29 is 18.7 Å². The minimum Gasteiger partial charge on any atom is -0.386 e. The molecule has 2 aromatic carbocycles. The molecule has 0 spiro atoms. The molecular formula is C17H18F2N2O2. The summed E-state index contributed by atoms with van der Waals surface area (Å²) in [6, 6.07) is 9.16. The first kappa shape index (κ1) is 16.9. The number of hydrogen-bond donors (Lipinski definition) is 3. The lowest BCUT2D eigenvalue weighted by atomic mass is 10.0. The summed E-state index contributed by atoms with van der Waals surface area (Å²) in [5.74, 6) is -2.03. The standard InChI is InChI=1S/C17H18F2N2O2/c1-10-3-6-13(7-4-10)21-17(23)20-11(2)16(22)12-5-8-14(18)15(19)9-12/h3-9,11,16,22H,1-2H3,(H2,20,21,23). The summed E-state index contributed by atoms with van der Waals surface area (Å²) in [5.41, 5.74) is 1.87. The van der Waals surface area contributed by atoms with Crippen LogP contribution in [0.1, 0.15) is 24.2 Å². The summed E-state index contributed by atoms with van der Waals surface area (Å²) in [4.78, 5) is 11.9. The molecule has 23 heavy (non-hydrogen) atoms. The van der Waals surface area contributed by atoms with E-state index in [1.165, 1.54) is 6.07 Å². The Morgan fingerprint density at radius 3 is 2.35 bits per heavy atom. The van der Waals surface area contributed by atoms with Gasteiger partial charge in [-0.25, -0.2) is 13.6 Å². The van der Waals surface area contributed by atoms with Crippen molar-refractivity contribution in [2.24, 2.45) is 0 Å². The Bertz CT molecular complexity index is 689. The Labute approximate surface area is 133 Å². The highest BCUT2D eigenvalue weighted by atomic mass is 19.2. The molecule has 0 saturated heterocycles. The SMILES string of the molecule is Cc1ccc(NC(=O)NC(C)C(O)c2ccc(F)c(F)c2)cc1. The van der Waals surface area contributed by atoms with Gasteiger partial charge >= 0.3 is 6.03 Å². The number of rotatable bonds is 4. The summed E-state index contributed by atoms with van der Waals surface area (Å²) in [7, 11) is 0. The molecule has 2 amide bonds. The van der Waals surface area contributed by atoms with E-state index in [4.69, 9.17) is 0 Å². The first-order chi connectivity index (χ1) is 10.9. The van der Waals surface area contributed by atoms with Gasteiger partial charge < -0.3 is 15.7 Å².